The molecule has 0 fully saturated rings. The predicted molar refractivity (Wildman–Crippen MR) is 49.6 cm³/mol. The van der Waals surface area contributed by atoms with Crippen LogP contribution in [0, 0.1) is 0 Å². The third kappa shape index (κ3) is 1.42. The van der Waals surface area contributed by atoms with Crippen molar-refractivity contribution in [1.82, 2.24) is 4.57 Å². The van der Waals surface area contributed by atoms with Crippen LogP contribution in [0.2, 0.25) is 0 Å². The highest BCUT2D eigenvalue weighted by Gasteiger charge is 2.10. The summed E-state index contributed by atoms with van der Waals surface area (Å²) in [5.74, 6) is 0.0691. The Morgan fingerprint density at radius 1 is 1.69 bits per heavy atom. The van der Waals surface area contributed by atoms with E-state index in [0.717, 1.165) is 17.9 Å². The van der Waals surface area contributed by atoms with E-state index in [1.807, 2.05) is 18.2 Å². The number of aromatic nitrogens is 1. The molecule has 0 saturated heterocycles. The van der Waals surface area contributed by atoms with E-state index < -0.39 is 5.97 Å². The van der Waals surface area contributed by atoms with Crippen molar-refractivity contribution >= 4 is 17.9 Å². The van der Waals surface area contributed by atoms with E-state index in [1.54, 1.807) is 10.8 Å². The average molecular weight is 178 g/mol. The minimum Gasteiger partial charge on any atom is -0.480 e. The number of rotatable bonds is 2. The van der Waals surface area contributed by atoms with Gasteiger partial charge in [0.15, 0.2) is 0 Å². The Kier molecular flexibility index (Phi) is 1.81. The smallest absolute Gasteiger partial charge is 0.323 e. The highest BCUT2D eigenvalue weighted by atomic mass is 16.4. The minimum absolute atomic E-state index is 0.0101. The summed E-state index contributed by atoms with van der Waals surface area (Å²) >= 11 is 0. The fraction of sp³-hybridized carbons (Fsp3) is 0.222. The molecule has 1 aromatic rings. The number of hydrogen-bond donors (Lipinski definition) is 2. The lowest BCUT2D eigenvalue weighted by molar-refractivity contribution is -0.137. The first-order chi connectivity index (χ1) is 6.27. The second-order valence-electron chi connectivity index (χ2n) is 2.92. The van der Waals surface area contributed by atoms with E-state index in [2.05, 4.69) is 5.32 Å². The summed E-state index contributed by atoms with van der Waals surface area (Å²) in [6.07, 6.45) is 5.78. The zero-order valence-corrected chi connectivity index (χ0v) is 7.03. The zero-order valence-electron chi connectivity index (χ0n) is 7.03. The van der Waals surface area contributed by atoms with Crippen molar-refractivity contribution in [1.29, 1.82) is 0 Å². The molecule has 0 bridgehead atoms. The lowest BCUT2D eigenvalue weighted by atomic mass is 10.2. The maximum atomic E-state index is 10.5. The van der Waals surface area contributed by atoms with Crippen LogP contribution >= 0.6 is 0 Å². The standard InChI is InChI=1S/C9H10N2O2/c12-8(13)6-11-5-3-7-2-1-4-10-9(7)11/h1-3,5,10H,4,6H2,(H,12,13). The summed E-state index contributed by atoms with van der Waals surface area (Å²) in [5.41, 5.74) is 1.05. The summed E-state index contributed by atoms with van der Waals surface area (Å²) in [4.78, 5) is 10.5. The summed E-state index contributed by atoms with van der Waals surface area (Å²) < 4.78 is 1.70. The molecule has 0 aromatic carbocycles. The van der Waals surface area contributed by atoms with Crippen LogP contribution in [0.1, 0.15) is 5.56 Å². The predicted octanol–water partition coefficient (Wildman–Crippen LogP) is 1.01. The summed E-state index contributed by atoms with van der Waals surface area (Å²) in [6.45, 7) is 0.771. The van der Waals surface area contributed by atoms with Crippen molar-refractivity contribution in [2.75, 3.05) is 11.9 Å². The molecule has 1 aromatic heterocycles. The van der Waals surface area contributed by atoms with E-state index in [4.69, 9.17) is 5.11 Å². The molecule has 0 aliphatic carbocycles. The van der Waals surface area contributed by atoms with Crippen LogP contribution < -0.4 is 5.32 Å². The van der Waals surface area contributed by atoms with E-state index in [9.17, 15) is 4.79 Å². The summed E-state index contributed by atoms with van der Waals surface area (Å²) in [6, 6.07) is 1.90. The quantitative estimate of drug-likeness (QED) is 0.710. The van der Waals surface area contributed by atoms with Crippen LogP contribution in [0.3, 0.4) is 0 Å². The molecule has 0 radical (unpaired) electrons. The van der Waals surface area contributed by atoms with Crippen LogP contribution in [-0.2, 0) is 11.3 Å². The molecule has 1 aliphatic rings. The number of aliphatic carboxylic acids is 1. The molecule has 0 amide bonds. The SMILES string of the molecule is O=C(O)Cn1ccc2c1NCC=C2. The number of carboxylic acids is 1. The van der Waals surface area contributed by atoms with Crippen molar-refractivity contribution in [3.8, 4) is 0 Å². The molecule has 4 heteroatoms. The van der Waals surface area contributed by atoms with Gasteiger partial charge in [-0.05, 0) is 6.07 Å². The fourth-order valence-electron chi connectivity index (χ4n) is 1.45. The molecule has 0 unspecified atom stereocenters. The van der Waals surface area contributed by atoms with Crippen LogP contribution in [0.5, 0.6) is 0 Å². The number of nitrogens with one attached hydrogen (secondary N) is 1. The number of fused-ring (bicyclic) bond motifs is 1. The third-order valence-electron chi connectivity index (χ3n) is 1.99. The third-order valence-corrected chi connectivity index (χ3v) is 1.99. The average Bonchev–Trinajstić information content (AvgIpc) is 2.48. The van der Waals surface area contributed by atoms with Crippen LogP contribution in [-0.4, -0.2) is 22.2 Å². The van der Waals surface area contributed by atoms with Gasteiger partial charge in [-0.15, -0.1) is 0 Å². The Bertz CT molecular complexity index is 366. The highest BCUT2D eigenvalue weighted by Crippen LogP contribution is 2.21. The zero-order chi connectivity index (χ0) is 9.26. The molecular formula is C9H10N2O2. The van der Waals surface area contributed by atoms with Crippen LogP contribution in [0.25, 0.3) is 6.08 Å². The van der Waals surface area contributed by atoms with Gasteiger partial charge in [-0.3, -0.25) is 4.79 Å². The van der Waals surface area contributed by atoms with Crippen molar-refractivity contribution in [3.63, 3.8) is 0 Å². The summed E-state index contributed by atoms with van der Waals surface area (Å²) in [7, 11) is 0. The molecule has 1 aliphatic heterocycles. The maximum absolute atomic E-state index is 10.5. The number of carbonyl (C=O) groups is 1. The first-order valence-corrected chi connectivity index (χ1v) is 4.09. The van der Waals surface area contributed by atoms with Gasteiger partial charge in [0.25, 0.3) is 0 Å². The number of carboxylic acid groups (broad SMARTS) is 1. The van der Waals surface area contributed by atoms with E-state index >= 15 is 0 Å². The molecule has 4 nitrogen and oxygen atoms in total. The second-order valence-corrected chi connectivity index (χ2v) is 2.92. The molecule has 68 valence electrons. The Morgan fingerprint density at radius 2 is 2.54 bits per heavy atom. The number of nitrogens with zero attached hydrogens (tertiary/aromatic N) is 1. The summed E-state index contributed by atoms with van der Waals surface area (Å²) in [5, 5.41) is 11.7. The van der Waals surface area contributed by atoms with Gasteiger partial charge in [0.1, 0.15) is 12.4 Å². The molecule has 13 heavy (non-hydrogen) atoms. The van der Waals surface area contributed by atoms with Crippen LogP contribution in [0.4, 0.5) is 5.82 Å². The van der Waals surface area contributed by atoms with Gasteiger partial charge in [0.05, 0.1) is 0 Å². The van der Waals surface area contributed by atoms with Crippen LogP contribution in [0.15, 0.2) is 18.3 Å². The van der Waals surface area contributed by atoms with E-state index in [0.29, 0.717) is 0 Å². The fourth-order valence-corrected chi connectivity index (χ4v) is 1.45. The Morgan fingerprint density at radius 3 is 3.31 bits per heavy atom. The molecule has 0 atom stereocenters. The monoisotopic (exact) mass is 178 g/mol. The second kappa shape index (κ2) is 2.97. The molecule has 2 N–H and O–H groups in total. The number of anilines is 1. The van der Waals surface area contributed by atoms with E-state index in [-0.39, 0.29) is 6.54 Å². The Labute approximate surface area is 75.5 Å². The lowest BCUT2D eigenvalue weighted by Crippen LogP contribution is -2.13. The minimum atomic E-state index is -0.824. The van der Waals surface area contributed by atoms with Crippen molar-refractivity contribution in [2.45, 2.75) is 6.54 Å². The van der Waals surface area contributed by atoms with Crippen molar-refractivity contribution < 1.29 is 9.90 Å². The molecule has 2 rings (SSSR count). The molecule has 0 saturated carbocycles. The topological polar surface area (TPSA) is 54.3 Å². The maximum Gasteiger partial charge on any atom is 0.323 e. The lowest BCUT2D eigenvalue weighted by Gasteiger charge is -2.12. The normalized spacial score (nSPS) is 13.5. The van der Waals surface area contributed by atoms with Crippen molar-refractivity contribution in [2.24, 2.45) is 0 Å². The van der Waals surface area contributed by atoms with Gasteiger partial charge in [-0.1, -0.05) is 12.2 Å². The van der Waals surface area contributed by atoms with Gasteiger partial charge in [-0.25, -0.2) is 0 Å². The largest absolute Gasteiger partial charge is 0.480 e. The van der Waals surface area contributed by atoms with Gasteiger partial charge < -0.3 is 15.0 Å². The molecule has 0 spiro atoms. The van der Waals surface area contributed by atoms with Crippen molar-refractivity contribution in [3.05, 3.63) is 23.9 Å². The van der Waals surface area contributed by atoms with Gasteiger partial charge in [0, 0.05) is 18.3 Å². The Hall–Kier alpha value is -1.71. The Balaban J connectivity index is 2.32. The first-order valence-electron chi connectivity index (χ1n) is 4.09. The number of hydrogen-bond acceptors (Lipinski definition) is 2. The molecular weight excluding hydrogens is 168 g/mol. The van der Waals surface area contributed by atoms with Gasteiger partial charge in [-0.2, -0.15) is 0 Å². The molecule has 2 heterocycles. The van der Waals surface area contributed by atoms with Gasteiger partial charge >= 0.3 is 5.97 Å². The van der Waals surface area contributed by atoms with Gasteiger partial charge in [0.2, 0.25) is 0 Å². The highest BCUT2D eigenvalue weighted by molar-refractivity contribution is 5.71. The first kappa shape index (κ1) is 7.91. The van der Waals surface area contributed by atoms with E-state index in [1.165, 1.54) is 0 Å².